The standard InChI is InChI=1S/C52H39N/c1-52(2,3)43-21-24-44(25-22-43)53(51-33-37-17-11-10-16-36(37)28-46(51)35-14-8-5-9-15-35)45-23-20-40-30-48-47-29-39-19-18-38(34-12-6-4-7-13-34)26-41(39)31-49(47)50(48)32-42(40)27-45/h4-33H,1-3H3. The van der Waals surface area contributed by atoms with Crippen LogP contribution in [0.2, 0.25) is 0 Å². The molecule has 1 heteroatoms. The van der Waals surface area contributed by atoms with Gasteiger partial charge in [0.25, 0.3) is 0 Å². The molecule has 0 aliphatic heterocycles. The fourth-order valence-corrected chi connectivity index (χ4v) is 8.16. The zero-order valence-electron chi connectivity index (χ0n) is 30.3. The fourth-order valence-electron chi connectivity index (χ4n) is 8.16. The van der Waals surface area contributed by atoms with Crippen LogP contribution in [0.3, 0.4) is 0 Å². The van der Waals surface area contributed by atoms with Crippen LogP contribution in [-0.4, -0.2) is 0 Å². The Hall–Kier alpha value is -6.44. The lowest BCUT2D eigenvalue weighted by molar-refractivity contribution is 0.590. The lowest BCUT2D eigenvalue weighted by Gasteiger charge is -2.30. The normalized spacial score (nSPS) is 12.1. The molecule has 0 saturated heterocycles. The molecule has 1 nitrogen and oxygen atoms in total. The summed E-state index contributed by atoms with van der Waals surface area (Å²) in [5, 5.41) is 7.50. The molecule has 0 amide bonds. The molecule has 1 aliphatic carbocycles. The fraction of sp³-hybridized carbons (Fsp3) is 0.0769. The third-order valence-corrected chi connectivity index (χ3v) is 11.1. The molecule has 9 aromatic rings. The van der Waals surface area contributed by atoms with Crippen molar-refractivity contribution in [1.82, 2.24) is 0 Å². The smallest absolute Gasteiger partial charge is 0.0546 e. The van der Waals surface area contributed by atoms with Gasteiger partial charge in [-0.25, -0.2) is 0 Å². The summed E-state index contributed by atoms with van der Waals surface area (Å²) in [4.78, 5) is 2.45. The first-order valence-corrected chi connectivity index (χ1v) is 18.6. The molecule has 9 aromatic carbocycles. The molecule has 0 unspecified atom stereocenters. The molecule has 252 valence electrons. The van der Waals surface area contributed by atoms with Crippen molar-refractivity contribution in [3.8, 4) is 44.5 Å². The highest BCUT2D eigenvalue weighted by Crippen LogP contribution is 2.51. The van der Waals surface area contributed by atoms with Crippen LogP contribution in [0.25, 0.3) is 76.8 Å². The van der Waals surface area contributed by atoms with Crippen molar-refractivity contribution >= 4 is 49.4 Å². The van der Waals surface area contributed by atoms with E-state index < -0.39 is 0 Å². The minimum absolute atomic E-state index is 0.0665. The van der Waals surface area contributed by atoms with Crippen molar-refractivity contribution in [2.45, 2.75) is 26.2 Å². The zero-order valence-corrected chi connectivity index (χ0v) is 30.3. The molecule has 10 rings (SSSR count). The Labute approximate surface area is 311 Å². The number of hydrogen-bond donors (Lipinski definition) is 0. The van der Waals surface area contributed by atoms with E-state index in [1.54, 1.807) is 0 Å². The van der Waals surface area contributed by atoms with Crippen molar-refractivity contribution in [3.05, 3.63) is 188 Å². The van der Waals surface area contributed by atoms with E-state index in [1.807, 2.05) is 0 Å². The van der Waals surface area contributed by atoms with Gasteiger partial charge in [-0.3, -0.25) is 0 Å². The molecular formula is C52H39N. The summed E-state index contributed by atoms with van der Waals surface area (Å²) >= 11 is 0. The zero-order chi connectivity index (χ0) is 35.7. The lowest BCUT2D eigenvalue weighted by Crippen LogP contribution is -2.14. The van der Waals surface area contributed by atoms with Crippen LogP contribution in [0.5, 0.6) is 0 Å². The molecule has 0 atom stereocenters. The molecular weight excluding hydrogens is 639 g/mol. The van der Waals surface area contributed by atoms with Gasteiger partial charge in [0.2, 0.25) is 0 Å². The maximum Gasteiger partial charge on any atom is 0.0546 e. The van der Waals surface area contributed by atoms with Crippen molar-refractivity contribution in [1.29, 1.82) is 0 Å². The maximum atomic E-state index is 2.45. The van der Waals surface area contributed by atoms with Gasteiger partial charge in [0.05, 0.1) is 5.69 Å². The second kappa shape index (κ2) is 12.1. The van der Waals surface area contributed by atoms with E-state index in [2.05, 4.69) is 208 Å². The molecule has 0 radical (unpaired) electrons. The Morgan fingerprint density at radius 3 is 1.42 bits per heavy atom. The summed E-state index contributed by atoms with van der Waals surface area (Å²) in [7, 11) is 0. The molecule has 0 saturated carbocycles. The first-order chi connectivity index (χ1) is 25.9. The molecule has 0 spiro atoms. The molecule has 1 aliphatic rings. The monoisotopic (exact) mass is 677 g/mol. The van der Waals surface area contributed by atoms with Gasteiger partial charge < -0.3 is 4.90 Å². The second-order valence-corrected chi connectivity index (χ2v) is 15.5. The topological polar surface area (TPSA) is 3.24 Å². The van der Waals surface area contributed by atoms with E-state index in [9.17, 15) is 0 Å². The molecule has 53 heavy (non-hydrogen) atoms. The van der Waals surface area contributed by atoms with Crippen molar-refractivity contribution in [3.63, 3.8) is 0 Å². The van der Waals surface area contributed by atoms with Crippen LogP contribution in [0.15, 0.2) is 182 Å². The summed E-state index contributed by atoms with van der Waals surface area (Å²) in [5.74, 6) is 0. The first kappa shape index (κ1) is 31.3. The van der Waals surface area contributed by atoms with E-state index >= 15 is 0 Å². The summed E-state index contributed by atoms with van der Waals surface area (Å²) in [6, 6.07) is 67.4. The molecule has 0 aromatic heterocycles. The minimum atomic E-state index is 0.0665. The predicted octanol–water partition coefficient (Wildman–Crippen LogP) is 14.9. The summed E-state index contributed by atoms with van der Waals surface area (Å²) in [6.45, 7) is 6.83. The van der Waals surface area contributed by atoms with Gasteiger partial charge in [-0.2, -0.15) is 0 Å². The molecule has 0 N–H and O–H groups in total. The summed E-state index contributed by atoms with van der Waals surface area (Å²) in [6.07, 6.45) is 0. The third kappa shape index (κ3) is 5.40. The minimum Gasteiger partial charge on any atom is -0.310 e. The van der Waals surface area contributed by atoms with Gasteiger partial charge in [0, 0.05) is 16.9 Å². The first-order valence-electron chi connectivity index (χ1n) is 18.6. The van der Waals surface area contributed by atoms with Crippen molar-refractivity contribution < 1.29 is 0 Å². The Balaban J connectivity index is 1.13. The number of hydrogen-bond acceptors (Lipinski definition) is 1. The van der Waals surface area contributed by atoms with Crippen LogP contribution in [0.4, 0.5) is 17.1 Å². The van der Waals surface area contributed by atoms with E-state index in [0.29, 0.717) is 0 Å². The molecule has 0 fully saturated rings. The Morgan fingerprint density at radius 1 is 0.321 bits per heavy atom. The van der Waals surface area contributed by atoms with Gasteiger partial charge >= 0.3 is 0 Å². The van der Waals surface area contributed by atoms with Gasteiger partial charge in [-0.15, -0.1) is 0 Å². The van der Waals surface area contributed by atoms with Gasteiger partial charge in [0.15, 0.2) is 0 Å². The largest absolute Gasteiger partial charge is 0.310 e. The Morgan fingerprint density at radius 2 is 0.792 bits per heavy atom. The SMILES string of the molecule is CC(C)(C)c1ccc(N(c2ccc3cc4c(cc3c2)-c2cc3cc(-c5ccccc5)ccc3cc2-4)c2cc3ccccc3cc2-c2ccccc2)cc1. The highest BCUT2D eigenvalue weighted by molar-refractivity contribution is 6.12. The van der Waals surface area contributed by atoms with Crippen LogP contribution in [0, 0.1) is 0 Å². The third-order valence-electron chi connectivity index (χ3n) is 11.1. The number of anilines is 3. The molecule has 0 heterocycles. The van der Waals surface area contributed by atoms with Gasteiger partial charge in [0.1, 0.15) is 0 Å². The number of benzene rings is 9. The quantitative estimate of drug-likeness (QED) is 0.175. The van der Waals surface area contributed by atoms with Crippen LogP contribution in [-0.2, 0) is 5.41 Å². The second-order valence-electron chi connectivity index (χ2n) is 15.5. The van der Waals surface area contributed by atoms with Crippen LogP contribution < -0.4 is 4.90 Å². The van der Waals surface area contributed by atoms with Crippen LogP contribution >= 0.6 is 0 Å². The van der Waals surface area contributed by atoms with Gasteiger partial charge in [-0.1, -0.05) is 136 Å². The Bertz CT molecular complexity index is 2840. The number of rotatable bonds is 5. The van der Waals surface area contributed by atoms with Crippen molar-refractivity contribution in [2.75, 3.05) is 4.90 Å². The van der Waals surface area contributed by atoms with E-state index in [0.717, 1.165) is 17.1 Å². The van der Waals surface area contributed by atoms with E-state index in [1.165, 1.54) is 82.4 Å². The lowest BCUT2D eigenvalue weighted by atomic mass is 9.77. The summed E-state index contributed by atoms with van der Waals surface area (Å²) < 4.78 is 0. The average molecular weight is 678 g/mol. The maximum absolute atomic E-state index is 2.45. The summed E-state index contributed by atoms with van der Waals surface area (Å²) in [5.41, 5.74) is 15.1. The highest BCUT2D eigenvalue weighted by atomic mass is 15.1. The average Bonchev–Trinajstić information content (AvgIpc) is 3.19. The van der Waals surface area contributed by atoms with Gasteiger partial charge in [-0.05, 0) is 149 Å². The Kier molecular flexibility index (Phi) is 7.13. The molecule has 0 bridgehead atoms. The number of fused-ring (bicyclic) bond motifs is 7. The van der Waals surface area contributed by atoms with Crippen LogP contribution in [0.1, 0.15) is 26.3 Å². The van der Waals surface area contributed by atoms with E-state index in [-0.39, 0.29) is 5.41 Å². The van der Waals surface area contributed by atoms with E-state index in [4.69, 9.17) is 0 Å². The highest BCUT2D eigenvalue weighted by Gasteiger charge is 2.25. The number of nitrogens with zero attached hydrogens (tertiary/aromatic N) is 1. The predicted molar refractivity (Wildman–Crippen MR) is 228 cm³/mol. The van der Waals surface area contributed by atoms with Crippen molar-refractivity contribution in [2.24, 2.45) is 0 Å².